The second kappa shape index (κ2) is 10.4. The molecule has 0 spiro atoms. The maximum atomic E-state index is 6.38. The van der Waals surface area contributed by atoms with E-state index in [4.69, 9.17) is 104 Å². The molecule has 4 nitrogen and oxygen atoms in total. The Balaban J connectivity index is 1.76. The van der Waals surface area contributed by atoms with Crippen molar-refractivity contribution in [3.05, 3.63) is 41.4 Å². The Morgan fingerprint density at radius 1 is 0.500 bits per heavy atom. The Bertz CT molecular complexity index is 1990. The zero-order valence-electron chi connectivity index (χ0n) is 21.9. The average molecular weight is 532 g/mol. The molecule has 6 rings (SSSR count). The molecule has 15 heteroatoms. The van der Waals surface area contributed by atoms with E-state index in [0.29, 0.717) is 27.1 Å². The zero-order chi connectivity index (χ0) is 30.2. The van der Waals surface area contributed by atoms with Crippen molar-refractivity contribution in [2.45, 2.75) is 0 Å². The van der Waals surface area contributed by atoms with E-state index in [1.807, 2.05) is 6.07 Å². The molecule has 0 atom stereocenters. The Hall–Kier alpha value is -3.37. The van der Waals surface area contributed by atoms with Gasteiger partial charge in [0, 0.05) is 32.5 Å². The molecule has 0 aliphatic heterocycles. The molecule has 20 radical (unpaired) electrons. The van der Waals surface area contributed by atoms with Crippen LogP contribution in [-0.4, -0.2) is 93.4 Å². The Morgan fingerprint density at radius 3 is 1.45 bits per heavy atom. The Kier molecular flexibility index (Phi) is 7.12. The molecule has 2 heterocycles. The zero-order valence-corrected chi connectivity index (χ0v) is 22.6. The van der Waals surface area contributed by atoms with Gasteiger partial charge in [-0.1, -0.05) is 45.6 Å². The van der Waals surface area contributed by atoms with Gasteiger partial charge in [-0.25, -0.2) is 15.0 Å². The van der Waals surface area contributed by atoms with Gasteiger partial charge in [-0.3, -0.25) is 0 Å². The summed E-state index contributed by atoms with van der Waals surface area (Å²) in [7, 11) is 62.2. The number of aromatic nitrogens is 3. The van der Waals surface area contributed by atoms with E-state index < -0.39 is 0 Å². The van der Waals surface area contributed by atoms with Gasteiger partial charge in [0.15, 0.2) is 17.5 Å². The van der Waals surface area contributed by atoms with Crippen molar-refractivity contribution in [1.82, 2.24) is 15.0 Å². The number of benzene rings is 4. The number of furan rings is 1. The lowest BCUT2D eigenvalue weighted by atomic mass is 9.60. The fraction of sp³-hybridized carbons (Fsp3) is 0. The first kappa shape index (κ1) is 28.7. The number of fused-ring (bicyclic) bond motifs is 3. The SMILES string of the molecule is [B]c1c([B])c([B])c(-c2nc(-c3c([B])c([B])c([B])c([B])c3[B])nc(-c3cccc4oc5ccc(Cl)cc5c34)n2)c([B])c1[B]. The summed E-state index contributed by atoms with van der Waals surface area (Å²) >= 11 is 6.33. The van der Waals surface area contributed by atoms with E-state index >= 15 is 0 Å². The van der Waals surface area contributed by atoms with Crippen molar-refractivity contribution in [3.8, 4) is 34.2 Å². The third-order valence-electron chi connectivity index (χ3n) is 7.18. The first-order valence-corrected chi connectivity index (χ1v) is 12.7. The summed E-state index contributed by atoms with van der Waals surface area (Å²) in [6, 6.07) is 10.7. The standard InChI is InChI=1S/C27H6B10ClN3O/c28-15-13(16(29)20(33)23(36)19(15)32)26-39-25(40-27(41-26)14-17(30)21(34)24(37)22(35)18(14)31)8-2-1-3-11-12(8)9-6-7(38)4-5-10(9)42-11/h1-6H. The fourth-order valence-electron chi connectivity index (χ4n) is 4.89. The van der Waals surface area contributed by atoms with Crippen LogP contribution in [0.15, 0.2) is 40.8 Å². The molecule has 6 aromatic rings. The molecular formula is C27H6B10ClN3O. The summed E-state index contributed by atoms with van der Waals surface area (Å²) in [5.74, 6) is 0.168. The molecule has 0 aliphatic carbocycles. The van der Waals surface area contributed by atoms with Crippen LogP contribution in [0.2, 0.25) is 5.02 Å². The molecule has 42 heavy (non-hydrogen) atoms. The quantitative estimate of drug-likeness (QED) is 0.216. The summed E-state index contributed by atoms with van der Waals surface area (Å²) in [6.45, 7) is 0. The third-order valence-corrected chi connectivity index (χ3v) is 7.41. The molecule has 172 valence electrons. The van der Waals surface area contributed by atoms with Crippen LogP contribution in [0.4, 0.5) is 0 Å². The summed E-state index contributed by atoms with van der Waals surface area (Å²) in [5.41, 5.74) is 2.14. The summed E-state index contributed by atoms with van der Waals surface area (Å²) in [6.07, 6.45) is 0. The highest BCUT2D eigenvalue weighted by Crippen LogP contribution is 2.37. The molecule has 2 aromatic heterocycles. The molecule has 0 unspecified atom stereocenters. The minimum absolute atomic E-state index is 0.000922. The molecule has 0 saturated carbocycles. The molecule has 0 bridgehead atoms. The van der Waals surface area contributed by atoms with Gasteiger partial charge in [-0.05, 0) is 24.3 Å². The second-order valence-corrected chi connectivity index (χ2v) is 10.1. The van der Waals surface area contributed by atoms with Gasteiger partial charge >= 0.3 is 0 Å². The van der Waals surface area contributed by atoms with Gasteiger partial charge in [-0.15, -0.1) is 32.8 Å². The van der Waals surface area contributed by atoms with E-state index in [1.54, 1.807) is 30.3 Å². The lowest BCUT2D eigenvalue weighted by Gasteiger charge is -2.22. The van der Waals surface area contributed by atoms with Crippen molar-refractivity contribution in [1.29, 1.82) is 0 Å². The molecule has 4 aromatic carbocycles. The van der Waals surface area contributed by atoms with Crippen molar-refractivity contribution < 1.29 is 4.42 Å². The van der Waals surface area contributed by atoms with Crippen molar-refractivity contribution in [2.75, 3.05) is 0 Å². The summed E-state index contributed by atoms with van der Waals surface area (Å²) in [5, 5.41) is 1.93. The van der Waals surface area contributed by atoms with Gasteiger partial charge in [0.25, 0.3) is 0 Å². The van der Waals surface area contributed by atoms with Crippen molar-refractivity contribution in [3.63, 3.8) is 0 Å². The Morgan fingerprint density at radius 2 is 0.952 bits per heavy atom. The van der Waals surface area contributed by atoms with Gasteiger partial charge < -0.3 is 4.42 Å². The molecule has 0 fully saturated rings. The number of nitrogens with zero attached hydrogens (tertiary/aromatic N) is 3. The summed E-state index contributed by atoms with van der Waals surface area (Å²) < 4.78 is 6.06. The van der Waals surface area contributed by atoms with Crippen molar-refractivity contribution in [2.24, 2.45) is 0 Å². The summed E-state index contributed by atoms with van der Waals surface area (Å²) in [4.78, 5) is 14.1. The number of hydrogen-bond acceptors (Lipinski definition) is 4. The lowest BCUT2D eigenvalue weighted by Crippen LogP contribution is -2.55. The normalized spacial score (nSPS) is 11.5. The van der Waals surface area contributed by atoms with Crippen LogP contribution in [0.1, 0.15) is 0 Å². The minimum atomic E-state index is -0.000922. The monoisotopic (exact) mass is 533 g/mol. The van der Waals surface area contributed by atoms with Crippen LogP contribution in [0.3, 0.4) is 0 Å². The number of hydrogen-bond donors (Lipinski definition) is 0. The van der Waals surface area contributed by atoms with Crippen LogP contribution in [0.25, 0.3) is 56.1 Å². The van der Waals surface area contributed by atoms with Crippen LogP contribution in [0, 0.1) is 0 Å². The second-order valence-electron chi connectivity index (χ2n) is 9.61. The average Bonchev–Trinajstić information content (AvgIpc) is 3.35. The highest BCUT2D eigenvalue weighted by atomic mass is 35.5. The maximum absolute atomic E-state index is 6.38. The van der Waals surface area contributed by atoms with E-state index in [0.717, 1.165) is 5.39 Å². The van der Waals surface area contributed by atoms with Crippen LogP contribution < -0.4 is 54.6 Å². The Labute approximate surface area is 260 Å². The third kappa shape index (κ3) is 4.33. The molecule has 0 saturated heterocycles. The smallest absolute Gasteiger partial charge is 0.164 e. The van der Waals surface area contributed by atoms with E-state index in [-0.39, 0.29) is 83.2 Å². The predicted octanol–water partition coefficient (Wildman–Crippen LogP) is -4.64. The first-order chi connectivity index (χ1) is 19.9. The minimum Gasteiger partial charge on any atom is -0.456 e. The molecule has 0 aliphatic rings. The molecule has 0 amide bonds. The number of rotatable bonds is 3. The first-order valence-electron chi connectivity index (χ1n) is 12.3. The van der Waals surface area contributed by atoms with Crippen molar-refractivity contribution >= 4 is 167 Å². The van der Waals surface area contributed by atoms with E-state index in [9.17, 15) is 0 Å². The van der Waals surface area contributed by atoms with Crippen LogP contribution >= 0.6 is 11.6 Å². The van der Waals surface area contributed by atoms with Gasteiger partial charge in [0.1, 0.15) is 89.6 Å². The van der Waals surface area contributed by atoms with Gasteiger partial charge in [0.2, 0.25) is 0 Å². The van der Waals surface area contributed by atoms with E-state index in [1.165, 1.54) is 0 Å². The lowest BCUT2D eigenvalue weighted by molar-refractivity contribution is 0.669. The van der Waals surface area contributed by atoms with Crippen LogP contribution in [0.5, 0.6) is 0 Å². The van der Waals surface area contributed by atoms with Crippen LogP contribution in [-0.2, 0) is 0 Å². The fourth-order valence-corrected chi connectivity index (χ4v) is 5.06. The predicted molar refractivity (Wildman–Crippen MR) is 182 cm³/mol. The highest BCUT2D eigenvalue weighted by Gasteiger charge is 2.22. The van der Waals surface area contributed by atoms with Gasteiger partial charge in [-0.2, -0.15) is 0 Å². The van der Waals surface area contributed by atoms with E-state index in [2.05, 4.69) is 4.98 Å². The number of halogens is 1. The highest BCUT2D eigenvalue weighted by molar-refractivity contribution is 6.69. The molecular weight excluding hydrogens is 526 g/mol. The maximum Gasteiger partial charge on any atom is 0.164 e. The molecule has 0 N–H and O–H groups in total. The topological polar surface area (TPSA) is 51.8 Å². The largest absolute Gasteiger partial charge is 0.456 e. The van der Waals surface area contributed by atoms with Gasteiger partial charge in [0.05, 0.1) is 0 Å².